The zero-order valence-corrected chi connectivity index (χ0v) is 20.5. The van der Waals surface area contributed by atoms with Gasteiger partial charge in [-0.25, -0.2) is 13.2 Å². The SMILES string of the molecule is C.CCOC(=O)N1CCN(C(=O)[C@H](CCCN=C(N)N)NS(=O)(=O)c2ccc3ccccc3c2)CC1. The quantitative estimate of drug-likeness (QED) is 0.256. The second-order valence-electron chi connectivity index (χ2n) is 8.14. The third kappa shape index (κ3) is 7.56. The van der Waals surface area contributed by atoms with E-state index in [1.54, 1.807) is 24.0 Å². The molecular weight excluding hydrogens is 484 g/mol. The Morgan fingerprint density at radius 3 is 2.33 bits per heavy atom. The number of sulfonamides is 1. The molecule has 1 fully saturated rings. The zero-order valence-electron chi connectivity index (χ0n) is 19.7. The average Bonchev–Trinajstić information content (AvgIpc) is 2.85. The highest BCUT2D eigenvalue weighted by atomic mass is 32.2. The summed E-state index contributed by atoms with van der Waals surface area (Å²) in [6, 6.07) is 11.3. The van der Waals surface area contributed by atoms with E-state index < -0.39 is 22.2 Å². The second kappa shape index (κ2) is 13.1. The molecular formula is C24H36N6O5S. The maximum atomic E-state index is 13.3. The maximum Gasteiger partial charge on any atom is 0.409 e. The molecule has 1 atom stereocenters. The summed E-state index contributed by atoms with van der Waals surface area (Å²) >= 11 is 0. The number of hydrogen-bond acceptors (Lipinski definition) is 6. The van der Waals surface area contributed by atoms with E-state index in [9.17, 15) is 18.0 Å². The minimum atomic E-state index is -3.99. The lowest BCUT2D eigenvalue weighted by molar-refractivity contribution is -0.134. The van der Waals surface area contributed by atoms with Gasteiger partial charge in [0.1, 0.15) is 6.04 Å². The van der Waals surface area contributed by atoms with Crippen LogP contribution in [-0.4, -0.2) is 81.6 Å². The van der Waals surface area contributed by atoms with Gasteiger partial charge in [0, 0.05) is 32.7 Å². The zero-order chi connectivity index (χ0) is 25.4. The van der Waals surface area contributed by atoms with Crippen LogP contribution >= 0.6 is 0 Å². The molecule has 198 valence electrons. The Bertz CT molecular complexity index is 1170. The Hall–Kier alpha value is -3.38. The molecule has 0 bridgehead atoms. The van der Waals surface area contributed by atoms with Gasteiger partial charge >= 0.3 is 6.09 Å². The van der Waals surface area contributed by atoms with Crippen LogP contribution in [0.1, 0.15) is 27.2 Å². The van der Waals surface area contributed by atoms with Crippen LogP contribution in [0, 0.1) is 0 Å². The number of piperazine rings is 1. The van der Waals surface area contributed by atoms with Crippen LogP contribution in [-0.2, 0) is 19.6 Å². The standard InChI is InChI=1S/C23H32N6O5S.CH4/c1-2-34-23(31)29-14-12-28(13-15-29)21(30)20(8-5-11-26-22(24)25)27-35(32,33)19-10-9-17-6-3-4-7-18(17)16-19;/h3-4,6-7,9-10,16,20,27H,2,5,8,11-15H2,1H3,(H4,24,25,26);1H4/t20-;/m0./s1. The van der Waals surface area contributed by atoms with Crippen LogP contribution in [0.4, 0.5) is 4.79 Å². The van der Waals surface area contributed by atoms with Crippen molar-refractivity contribution in [1.82, 2.24) is 14.5 Å². The first kappa shape index (κ1) is 28.9. The average molecular weight is 521 g/mol. The van der Waals surface area contributed by atoms with Crippen molar-refractivity contribution < 1.29 is 22.7 Å². The van der Waals surface area contributed by atoms with Gasteiger partial charge in [0.2, 0.25) is 15.9 Å². The molecule has 0 saturated carbocycles. The van der Waals surface area contributed by atoms with Gasteiger partial charge in [0.25, 0.3) is 0 Å². The fourth-order valence-corrected chi connectivity index (χ4v) is 5.13. The molecule has 0 spiro atoms. The van der Waals surface area contributed by atoms with Gasteiger partial charge in [0.05, 0.1) is 11.5 Å². The Labute approximate surface area is 212 Å². The Morgan fingerprint density at radius 1 is 1.06 bits per heavy atom. The van der Waals surface area contributed by atoms with Crippen molar-refractivity contribution in [3.63, 3.8) is 0 Å². The van der Waals surface area contributed by atoms with Crippen LogP contribution in [0.25, 0.3) is 10.8 Å². The first-order valence-corrected chi connectivity index (χ1v) is 13.0. The molecule has 2 amide bonds. The molecule has 0 aliphatic carbocycles. The number of guanidine groups is 1. The molecule has 5 N–H and O–H groups in total. The predicted molar refractivity (Wildman–Crippen MR) is 140 cm³/mol. The lowest BCUT2D eigenvalue weighted by atomic mass is 10.1. The topological polar surface area (TPSA) is 160 Å². The van der Waals surface area contributed by atoms with Gasteiger partial charge in [0.15, 0.2) is 5.96 Å². The summed E-state index contributed by atoms with van der Waals surface area (Å²) in [5.74, 6) is -0.428. The monoisotopic (exact) mass is 520 g/mol. The van der Waals surface area contributed by atoms with Crippen molar-refractivity contribution in [2.75, 3.05) is 39.3 Å². The Morgan fingerprint density at radius 2 is 1.69 bits per heavy atom. The number of aliphatic imine (C=N–C) groups is 1. The number of hydrogen-bond donors (Lipinski definition) is 3. The molecule has 1 aliphatic heterocycles. The molecule has 1 aliphatic rings. The highest BCUT2D eigenvalue weighted by Gasteiger charge is 2.32. The normalized spacial score (nSPS) is 14.6. The molecule has 0 unspecified atom stereocenters. The number of fused-ring (bicyclic) bond motifs is 1. The molecule has 2 aromatic rings. The van der Waals surface area contributed by atoms with Crippen LogP contribution in [0.5, 0.6) is 0 Å². The summed E-state index contributed by atoms with van der Waals surface area (Å²) in [6.07, 6.45) is 0.183. The predicted octanol–water partition coefficient (Wildman–Crippen LogP) is 1.48. The van der Waals surface area contributed by atoms with E-state index in [-0.39, 0.29) is 56.9 Å². The van der Waals surface area contributed by atoms with Crippen molar-refractivity contribution in [1.29, 1.82) is 0 Å². The molecule has 1 saturated heterocycles. The number of carbonyl (C=O) groups is 2. The number of nitrogens with one attached hydrogen (secondary N) is 1. The van der Waals surface area contributed by atoms with Crippen molar-refractivity contribution >= 4 is 38.8 Å². The number of carbonyl (C=O) groups excluding carboxylic acids is 2. The Kier molecular flexibility index (Phi) is 10.5. The second-order valence-corrected chi connectivity index (χ2v) is 9.86. The number of amides is 2. The van der Waals surface area contributed by atoms with Crippen molar-refractivity contribution in [2.45, 2.75) is 38.1 Å². The number of nitrogens with zero attached hydrogens (tertiary/aromatic N) is 3. The lowest BCUT2D eigenvalue weighted by Gasteiger charge is -2.36. The fourth-order valence-electron chi connectivity index (χ4n) is 3.87. The summed E-state index contributed by atoms with van der Waals surface area (Å²) in [6.45, 7) is 3.43. The van der Waals surface area contributed by atoms with Crippen molar-refractivity contribution in [3.05, 3.63) is 42.5 Å². The molecule has 11 nitrogen and oxygen atoms in total. The molecule has 3 rings (SSSR count). The first-order chi connectivity index (χ1) is 16.7. The molecule has 12 heteroatoms. The molecule has 36 heavy (non-hydrogen) atoms. The van der Waals surface area contributed by atoms with Gasteiger partial charge in [-0.05, 0) is 42.7 Å². The van der Waals surface area contributed by atoms with Crippen molar-refractivity contribution in [3.8, 4) is 0 Å². The maximum absolute atomic E-state index is 13.3. The van der Waals surface area contributed by atoms with Crippen LogP contribution in [0.15, 0.2) is 52.4 Å². The van der Waals surface area contributed by atoms with E-state index in [0.717, 1.165) is 10.8 Å². The number of nitrogens with two attached hydrogens (primary N) is 2. The van der Waals surface area contributed by atoms with Gasteiger partial charge in [-0.3, -0.25) is 9.79 Å². The summed E-state index contributed by atoms with van der Waals surface area (Å²) in [7, 11) is -3.99. The highest BCUT2D eigenvalue weighted by molar-refractivity contribution is 7.89. The van der Waals surface area contributed by atoms with Gasteiger partial charge in [-0.1, -0.05) is 37.8 Å². The Balaban J connectivity index is 0.00000456. The van der Waals surface area contributed by atoms with E-state index in [0.29, 0.717) is 19.5 Å². The van der Waals surface area contributed by atoms with E-state index in [1.165, 1.54) is 11.0 Å². The number of ether oxygens (including phenoxy) is 1. The summed E-state index contributed by atoms with van der Waals surface area (Å²) in [5.41, 5.74) is 10.7. The summed E-state index contributed by atoms with van der Waals surface area (Å²) in [5, 5.41) is 1.69. The minimum Gasteiger partial charge on any atom is -0.450 e. The molecule has 0 aromatic heterocycles. The lowest BCUT2D eigenvalue weighted by Crippen LogP contribution is -2.55. The number of benzene rings is 2. The first-order valence-electron chi connectivity index (χ1n) is 11.5. The number of rotatable bonds is 9. The highest BCUT2D eigenvalue weighted by Crippen LogP contribution is 2.20. The van der Waals surface area contributed by atoms with E-state index in [4.69, 9.17) is 16.2 Å². The molecule has 1 heterocycles. The smallest absolute Gasteiger partial charge is 0.409 e. The van der Waals surface area contributed by atoms with Crippen LogP contribution in [0.3, 0.4) is 0 Å². The minimum absolute atomic E-state index is 0. The van der Waals surface area contributed by atoms with E-state index in [1.807, 2.05) is 24.3 Å². The fraction of sp³-hybridized carbons (Fsp3) is 0.458. The molecule has 2 aromatic carbocycles. The van der Waals surface area contributed by atoms with Gasteiger partial charge < -0.3 is 26.0 Å². The summed E-state index contributed by atoms with van der Waals surface area (Å²) < 4.78 is 34.0. The largest absolute Gasteiger partial charge is 0.450 e. The van der Waals surface area contributed by atoms with Gasteiger partial charge in [-0.2, -0.15) is 4.72 Å². The van der Waals surface area contributed by atoms with E-state index >= 15 is 0 Å². The van der Waals surface area contributed by atoms with Crippen LogP contribution in [0.2, 0.25) is 0 Å². The summed E-state index contributed by atoms with van der Waals surface area (Å²) in [4.78, 5) is 32.4. The third-order valence-electron chi connectivity index (χ3n) is 5.69. The van der Waals surface area contributed by atoms with Crippen molar-refractivity contribution in [2.24, 2.45) is 16.5 Å². The van der Waals surface area contributed by atoms with Crippen LogP contribution < -0.4 is 16.2 Å². The van der Waals surface area contributed by atoms with Gasteiger partial charge in [-0.15, -0.1) is 0 Å². The van der Waals surface area contributed by atoms with E-state index in [2.05, 4.69) is 9.71 Å². The third-order valence-corrected chi connectivity index (χ3v) is 7.16. The molecule has 0 radical (unpaired) electrons.